The van der Waals surface area contributed by atoms with Gasteiger partial charge in [-0.25, -0.2) is 17.5 Å². The number of rotatable bonds is 4. The molecule has 128 valence electrons. The Kier molecular flexibility index (Phi) is 4.68. The largest absolute Gasteiger partial charge is 0.367 e. The number of halogens is 1. The van der Waals surface area contributed by atoms with Crippen LogP contribution >= 0.6 is 0 Å². The first-order valence-corrected chi connectivity index (χ1v) is 9.13. The molecule has 0 atom stereocenters. The van der Waals surface area contributed by atoms with Crippen LogP contribution in [0.2, 0.25) is 0 Å². The van der Waals surface area contributed by atoms with Crippen molar-refractivity contribution in [1.82, 2.24) is 9.71 Å². The van der Waals surface area contributed by atoms with Gasteiger partial charge in [0.1, 0.15) is 10.7 Å². The summed E-state index contributed by atoms with van der Waals surface area (Å²) < 4.78 is 40.5. The minimum atomic E-state index is -3.58. The van der Waals surface area contributed by atoms with E-state index in [9.17, 15) is 12.8 Å². The lowest BCUT2D eigenvalue weighted by atomic mass is 10.2. The van der Waals surface area contributed by atoms with Gasteiger partial charge in [-0.2, -0.15) is 0 Å². The van der Waals surface area contributed by atoms with Crippen LogP contribution in [0.4, 0.5) is 15.8 Å². The third kappa shape index (κ3) is 3.20. The number of nitrogens with zero attached hydrogens (tertiary/aromatic N) is 3. The predicted octanol–water partition coefficient (Wildman–Crippen LogP) is 1.46. The lowest BCUT2D eigenvalue weighted by Crippen LogP contribution is -2.47. The second-order valence-electron chi connectivity index (χ2n) is 5.48. The molecular formula is C16H19FN4O2S. The van der Waals surface area contributed by atoms with E-state index in [0.29, 0.717) is 37.6 Å². The van der Waals surface area contributed by atoms with Gasteiger partial charge in [0.25, 0.3) is 0 Å². The number of anilines is 2. The highest BCUT2D eigenvalue weighted by Gasteiger charge is 2.25. The number of sulfonamides is 1. The van der Waals surface area contributed by atoms with E-state index in [1.807, 2.05) is 15.9 Å². The third-order valence-electron chi connectivity index (χ3n) is 4.13. The molecule has 0 radical (unpaired) electrons. The number of hydrogen-bond acceptors (Lipinski definition) is 5. The highest BCUT2D eigenvalue weighted by atomic mass is 32.2. The van der Waals surface area contributed by atoms with Crippen molar-refractivity contribution in [3.8, 4) is 0 Å². The van der Waals surface area contributed by atoms with Crippen LogP contribution in [-0.2, 0) is 10.0 Å². The topological polar surface area (TPSA) is 65.5 Å². The molecule has 1 aromatic carbocycles. The van der Waals surface area contributed by atoms with Gasteiger partial charge in [-0.3, -0.25) is 4.98 Å². The summed E-state index contributed by atoms with van der Waals surface area (Å²) in [5, 5.41) is 0. The lowest BCUT2D eigenvalue weighted by Gasteiger charge is -2.38. The maximum atomic E-state index is 13.9. The van der Waals surface area contributed by atoms with E-state index in [1.54, 1.807) is 24.4 Å². The van der Waals surface area contributed by atoms with Crippen molar-refractivity contribution in [2.75, 3.05) is 43.0 Å². The van der Waals surface area contributed by atoms with Gasteiger partial charge in [0.15, 0.2) is 0 Å². The number of benzene rings is 1. The molecule has 8 heteroatoms. The van der Waals surface area contributed by atoms with Gasteiger partial charge in [-0.05, 0) is 25.2 Å². The molecule has 1 fully saturated rings. The number of pyridine rings is 1. The number of nitrogens with one attached hydrogen (secondary N) is 1. The minimum Gasteiger partial charge on any atom is -0.367 e. The zero-order valence-corrected chi connectivity index (χ0v) is 14.1. The molecule has 0 aliphatic carbocycles. The molecule has 1 aromatic heterocycles. The molecule has 24 heavy (non-hydrogen) atoms. The van der Waals surface area contributed by atoms with Gasteiger partial charge >= 0.3 is 0 Å². The molecule has 0 amide bonds. The van der Waals surface area contributed by atoms with Gasteiger partial charge in [0, 0.05) is 38.6 Å². The molecule has 3 rings (SSSR count). The van der Waals surface area contributed by atoms with Crippen LogP contribution < -0.4 is 14.5 Å². The molecule has 0 saturated carbocycles. The van der Waals surface area contributed by atoms with Crippen molar-refractivity contribution in [1.29, 1.82) is 0 Å². The fourth-order valence-electron chi connectivity index (χ4n) is 2.85. The van der Waals surface area contributed by atoms with Crippen molar-refractivity contribution in [2.24, 2.45) is 0 Å². The van der Waals surface area contributed by atoms with Crippen molar-refractivity contribution in [3.05, 3.63) is 48.5 Å². The summed E-state index contributed by atoms with van der Waals surface area (Å²) in [5.41, 5.74) is 1.20. The highest BCUT2D eigenvalue weighted by molar-refractivity contribution is 7.89. The Hall–Kier alpha value is -2.19. The molecule has 1 saturated heterocycles. The van der Waals surface area contributed by atoms with Crippen LogP contribution in [0.1, 0.15) is 0 Å². The summed E-state index contributed by atoms with van der Waals surface area (Å²) in [6, 6.07) is 8.38. The smallest absolute Gasteiger partial charge is 0.243 e. The zero-order valence-electron chi connectivity index (χ0n) is 13.3. The van der Waals surface area contributed by atoms with E-state index >= 15 is 0 Å². The van der Waals surface area contributed by atoms with E-state index in [-0.39, 0.29) is 10.7 Å². The first-order chi connectivity index (χ1) is 11.5. The molecule has 1 N–H and O–H groups in total. The summed E-state index contributed by atoms with van der Waals surface area (Å²) in [6.45, 7) is 2.43. The number of aromatic nitrogens is 1. The van der Waals surface area contributed by atoms with Crippen molar-refractivity contribution in [3.63, 3.8) is 0 Å². The average Bonchev–Trinajstić information content (AvgIpc) is 2.62. The summed E-state index contributed by atoms with van der Waals surface area (Å²) in [6.07, 6.45) is 2.93. The first kappa shape index (κ1) is 16.7. The summed E-state index contributed by atoms with van der Waals surface area (Å²) in [4.78, 5) is 8.04. The van der Waals surface area contributed by atoms with Crippen molar-refractivity contribution >= 4 is 21.4 Å². The first-order valence-electron chi connectivity index (χ1n) is 7.65. The molecule has 2 heterocycles. The monoisotopic (exact) mass is 350 g/mol. The maximum absolute atomic E-state index is 13.9. The second-order valence-corrected chi connectivity index (χ2v) is 7.33. The van der Waals surface area contributed by atoms with Crippen LogP contribution in [0, 0.1) is 5.82 Å². The van der Waals surface area contributed by atoms with E-state index in [4.69, 9.17) is 0 Å². The Morgan fingerprint density at radius 3 is 2.29 bits per heavy atom. The Bertz CT molecular complexity index is 820. The Morgan fingerprint density at radius 1 is 1.04 bits per heavy atom. The maximum Gasteiger partial charge on any atom is 0.243 e. The Balaban J connectivity index is 1.80. The van der Waals surface area contributed by atoms with E-state index in [2.05, 4.69) is 9.71 Å². The highest BCUT2D eigenvalue weighted by Crippen LogP contribution is 2.27. The van der Waals surface area contributed by atoms with E-state index in [1.165, 1.54) is 19.3 Å². The fourth-order valence-corrected chi connectivity index (χ4v) is 3.74. The number of para-hydroxylation sites is 1. The number of hydrogen-bond donors (Lipinski definition) is 1. The molecule has 2 aromatic rings. The molecule has 6 nitrogen and oxygen atoms in total. The Morgan fingerprint density at radius 2 is 1.67 bits per heavy atom. The third-order valence-corrected chi connectivity index (χ3v) is 5.57. The van der Waals surface area contributed by atoms with Crippen LogP contribution in [0.15, 0.2) is 47.6 Å². The second kappa shape index (κ2) is 6.74. The lowest BCUT2D eigenvalue weighted by molar-refractivity contribution is 0.584. The van der Waals surface area contributed by atoms with Crippen molar-refractivity contribution < 1.29 is 12.8 Å². The fraction of sp³-hybridized carbons (Fsp3) is 0.312. The van der Waals surface area contributed by atoms with E-state index < -0.39 is 10.0 Å². The van der Waals surface area contributed by atoms with Gasteiger partial charge in [0.2, 0.25) is 10.0 Å². The predicted molar refractivity (Wildman–Crippen MR) is 91.3 cm³/mol. The van der Waals surface area contributed by atoms with Gasteiger partial charge in [-0.15, -0.1) is 0 Å². The molecular weight excluding hydrogens is 331 g/mol. The molecule has 1 aliphatic heterocycles. The molecule has 1 aliphatic rings. The van der Waals surface area contributed by atoms with Crippen LogP contribution in [0.3, 0.4) is 0 Å². The van der Waals surface area contributed by atoms with Crippen LogP contribution in [0.25, 0.3) is 0 Å². The molecule has 0 bridgehead atoms. The quantitative estimate of drug-likeness (QED) is 0.904. The normalized spacial score (nSPS) is 15.6. The van der Waals surface area contributed by atoms with E-state index in [0.717, 1.165) is 0 Å². The van der Waals surface area contributed by atoms with Gasteiger partial charge in [-0.1, -0.05) is 12.1 Å². The average molecular weight is 350 g/mol. The summed E-state index contributed by atoms with van der Waals surface area (Å²) in [7, 11) is -2.20. The summed E-state index contributed by atoms with van der Waals surface area (Å²) in [5.74, 6) is -0.242. The zero-order chi connectivity index (χ0) is 17.2. The van der Waals surface area contributed by atoms with Gasteiger partial charge < -0.3 is 9.80 Å². The minimum absolute atomic E-state index is 0.159. The molecule has 0 spiro atoms. The van der Waals surface area contributed by atoms with Crippen LogP contribution in [0.5, 0.6) is 0 Å². The molecule has 0 unspecified atom stereocenters. The standard InChI is InChI=1S/C16H19FN4O2S/c1-18-24(22,23)16-12-19-7-6-15(16)21-10-8-20(9-11-21)14-5-3-2-4-13(14)17/h2-7,12,18H,8-11H2,1H3. The summed E-state index contributed by atoms with van der Waals surface area (Å²) >= 11 is 0. The Labute approximate surface area is 141 Å². The number of piperazine rings is 1. The van der Waals surface area contributed by atoms with Gasteiger partial charge in [0.05, 0.1) is 11.4 Å². The van der Waals surface area contributed by atoms with Crippen molar-refractivity contribution in [2.45, 2.75) is 4.90 Å². The SMILES string of the molecule is CNS(=O)(=O)c1cnccc1N1CCN(c2ccccc2F)CC1. The van der Waals surface area contributed by atoms with Crippen LogP contribution in [-0.4, -0.2) is 46.6 Å².